The highest BCUT2D eigenvalue weighted by molar-refractivity contribution is 5.94. The molecule has 0 fully saturated rings. The first kappa shape index (κ1) is 21.1. The number of hydrogen-bond acceptors (Lipinski definition) is 5. The monoisotopic (exact) mass is 392 g/mol. The van der Waals surface area contributed by atoms with E-state index in [0.29, 0.717) is 0 Å². The van der Waals surface area contributed by atoms with Gasteiger partial charge in [0.15, 0.2) is 0 Å². The summed E-state index contributed by atoms with van der Waals surface area (Å²) in [5.74, 6) is 0.849. The number of ether oxygens (including phenoxy) is 1. The summed E-state index contributed by atoms with van der Waals surface area (Å²) in [5.41, 5.74) is 12.3. The number of nitrogens with one attached hydrogen (secondary N) is 2. The van der Waals surface area contributed by atoms with Crippen molar-refractivity contribution in [1.82, 2.24) is 10.3 Å². The normalized spacial score (nSPS) is 11.0. The Morgan fingerprint density at radius 3 is 2.38 bits per heavy atom. The van der Waals surface area contributed by atoms with Crippen LogP contribution in [0.25, 0.3) is 22.2 Å². The van der Waals surface area contributed by atoms with E-state index >= 15 is 0 Å². The molecule has 0 aliphatic heterocycles. The summed E-state index contributed by atoms with van der Waals surface area (Å²) >= 11 is 0. The Labute approximate surface area is 173 Å². The molecule has 1 heterocycles. The van der Waals surface area contributed by atoms with Gasteiger partial charge in [-0.15, -0.1) is 0 Å². The van der Waals surface area contributed by atoms with Crippen LogP contribution in [0.1, 0.15) is 24.0 Å². The maximum absolute atomic E-state index is 5.53. The lowest BCUT2D eigenvalue weighted by molar-refractivity contribution is 0.415. The second-order valence-corrected chi connectivity index (χ2v) is 7.41. The number of aromatic nitrogens is 1. The van der Waals surface area contributed by atoms with Crippen LogP contribution >= 0.6 is 0 Å². The van der Waals surface area contributed by atoms with Gasteiger partial charge in [0, 0.05) is 23.2 Å². The molecule has 0 saturated heterocycles. The van der Waals surface area contributed by atoms with E-state index in [1.165, 1.54) is 16.5 Å². The molecule has 0 aliphatic carbocycles. The molecule has 3 aromatic rings. The van der Waals surface area contributed by atoms with Crippen molar-refractivity contribution in [2.24, 2.45) is 5.73 Å². The van der Waals surface area contributed by atoms with Gasteiger partial charge in [-0.25, -0.2) is 4.98 Å². The Bertz CT molecular complexity index is 938. The molecule has 0 amide bonds. The van der Waals surface area contributed by atoms with Gasteiger partial charge in [-0.3, -0.25) is 0 Å². The van der Waals surface area contributed by atoms with E-state index in [1.54, 1.807) is 7.11 Å². The molecular formula is C24H32N4O. The first-order valence-corrected chi connectivity index (χ1v) is 10.3. The van der Waals surface area contributed by atoms with Crippen molar-refractivity contribution < 1.29 is 4.74 Å². The van der Waals surface area contributed by atoms with Crippen molar-refractivity contribution in [3.8, 4) is 17.0 Å². The molecule has 2 aromatic carbocycles. The molecule has 0 unspecified atom stereocenters. The van der Waals surface area contributed by atoms with Gasteiger partial charge in [-0.05, 0) is 99.9 Å². The van der Waals surface area contributed by atoms with E-state index in [2.05, 4.69) is 54.8 Å². The summed E-state index contributed by atoms with van der Waals surface area (Å²) in [5, 5.41) is 8.23. The summed E-state index contributed by atoms with van der Waals surface area (Å²) in [6.07, 6.45) is 2.07. The van der Waals surface area contributed by atoms with Crippen molar-refractivity contribution in [3.05, 3.63) is 53.6 Å². The molecule has 5 heteroatoms. The number of aryl methyl sites for hydroxylation is 2. The second kappa shape index (κ2) is 10.2. The fourth-order valence-electron chi connectivity index (χ4n) is 3.33. The lowest BCUT2D eigenvalue weighted by Gasteiger charge is -2.14. The summed E-state index contributed by atoms with van der Waals surface area (Å²) in [4.78, 5) is 4.94. The minimum Gasteiger partial charge on any atom is -0.497 e. The first-order chi connectivity index (χ1) is 14.1. The van der Waals surface area contributed by atoms with Crippen LogP contribution in [0.15, 0.2) is 42.5 Å². The van der Waals surface area contributed by atoms with Crippen molar-refractivity contribution in [2.75, 3.05) is 38.6 Å². The number of hydrogen-bond donors (Lipinski definition) is 3. The number of methoxy groups -OCH3 is 1. The Hall–Kier alpha value is -2.63. The zero-order valence-electron chi connectivity index (χ0n) is 17.7. The van der Waals surface area contributed by atoms with Crippen molar-refractivity contribution in [2.45, 2.75) is 26.7 Å². The molecule has 154 valence electrons. The number of rotatable bonds is 10. The van der Waals surface area contributed by atoms with Gasteiger partial charge in [-0.1, -0.05) is 0 Å². The molecule has 0 radical (unpaired) electrons. The largest absolute Gasteiger partial charge is 0.497 e. The summed E-state index contributed by atoms with van der Waals surface area (Å²) in [6.45, 7) is 7.90. The van der Waals surface area contributed by atoms with E-state index < -0.39 is 0 Å². The molecule has 0 atom stereocenters. The zero-order chi connectivity index (χ0) is 20.6. The molecule has 0 aliphatic rings. The molecule has 5 nitrogen and oxygen atoms in total. The van der Waals surface area contributed by atoms with Crippen molar-refractivity contribution in [1.29, 1.82) is 0 Å². The van der Waals surface area contributed by atoms with Gasteiger partial charge < -0.3 is 21.1 Å². The fourth-order valence-corrected chi connectivity index (χ4v) is 3.33. The van der Waals surface area contributed by atoms with Crippen LogP contribution in [0.4, 0.5) is 5.69 Å². The predicted molar refractivity (Wildman–Crippen MR) is 123 cm³/mol. The minimum absolute atomic E-state index is 0.737. The Kier molecular flexibility index (Phi) is 7.44. The molecule has 29 heavy (non-hydrogen) atoms. The molecule has 1 aromatic heterocycles. The number of nitrogens with two attached hydrogens (primary N) is 1. The lowest BCUT2D eigenvalue weighted by atomic mass is 10.0. The Morgan fingerprint density at radius 2 is 1.66 bits per heavy atom. The van der Waals surface area contributed by atoms with Crippen LogP contribution in [-0.4, -0.2) is 38.3 Å². The molecule has 0 bridgehead atoms. The van der Waals surface area contributed by atoms with Gasteiger partial charge in [-0.2, -0.15) is 0 Å². The zero-order valence-corrected chi connectivity index (χ0v) is 17.7. The predicted octanol–water partition coefficient (Wildman–Crippen LogP) is 4.27. The summed E-state index contributed by atoms with van der Waals surface area (Å²) < 4.78 is 5.28. The van der Waals surface area contributed by atoms with Crippen LogP contribution in [0.2, 0.25) is 0 Å². The highest BCUT2D eigenvalue weighted by Gasteiger charge is 2.10. The van der Waals surface area contributed by atoms with E-state index in [-0.39, 0.29) is 0 Å². The molecule has 0 spiro atoms. The third-order valence-electron chi connectivity index (χ3n) is 5.21. The van der Waals surface area contributed by atoms with Crippen LogP contribution in [0.5, 0.6) is 5.75 Å². The number of benzene rings is 2. The number of anilines is 1. The van der Waals surface area contributed by atoms with Crippen molar-refractivity contribution >= 4 is 16.6 Å². The smallest absolute Gasteiger partial charge is 0.118 e. The average molecular weight is 393 g/mol. The Morgan fingerprint density at radius 1 is 0.931 bits per heavy atom. The number of pyridine rings is 1. The molecule has 0 saturated carbocycles. The summed E-state index contributed by atoms with van der Waals surface area (Å²) in [6, 6.07) is 14.6. The maximum Gasteiger partial charge on any atom is 0.118 e. The van der Waals surface area contributed by atoms with Crippen LogP contribution in [0.3, 0.4) is 0 Å². The molecular weight excluding hydrogens is 360 g/mol. The van der Waals surface area contributed by atoms with Gasteiger partial charge in [0.2, 0.25) is 0 Å². The standard InChI is InChI=1S/C24H32N4O/c1-17-14-21-23(27-13-5-12-26-11-4-10-25)16-22(28-24(21)15-18(17)2)19-6-8-20(29-3)9-7-19/h6-9,14-16,26H,4-5,10-13,25H2,1-3H3,(H,27,28). The van der Waals surface area contributed by atoms with Gasteiger partial charge in [0.05, 0.1) is 18.3 Å². The maximum atomic E-state index is 5.53. The van der Waals surface area contributed by atoms with Crippen LogP contribution in [-0.2, 0) is 0 Å². The van der Waals surface area contributed by atoms with E-state index in [0.717, 1.165) is 67.2 Å². The SMILES string of the molecule is COc1ccc(-c2cc(NCCCNCCCN)c3cc(C)c(C)cc3n2)cc1. The quantitative estimate of drug-likeness (QED) is 0.450. The van der Waals surface area contributed by atoms with Gasteiger partial charge in [0.25, 0.3) is 0 Å². The van der Waals surface area contributed by atoms with Crippen LogP contribution < -0.4 is 21.1 Å². The lowest BCUT2D eigenvalue weighted by Crippen LogP contribution is -2.21. The average Bonchev–Trinajstić information content (AvgIpc) is 2.74. The number of nitrogens with zero attached hydrogens (tertiary/aromatic N) is 1. The van der Waals surface area contributed by atoms with E-state index in [9.17, 15) is 0 Å². The van der Waals surface area contributed by atoms with Gasteiger partial charge >= 0.3 is 0 Å². The van der Waals surface area contributed by atoms with Gasteiger partial charge in [0.1, 0.15) is 5.75 Å². The third-order valence-corrected chi connectivity index (χ3v) is 5.21. The minimum atomic E-state index is 0.737. The third kappa shape index (κ3) is 5.46. The number of fused-ring (bicyclic) bond motifs is 1. The highest BCUT2D eigenvalue weighted by Crippen LogP contribution is 2.31. The highest BCUT2D eigenvalue weighted by atomic mass is 16.5. The van der Waals surface area contributed by atoms with E-state index in [4.69, 9.17) is 15.5 Å². The second-order valence-electron chi connectivity index (χ2n) is 7.41. The topological polar surface area (TPSA) is 72.2 Å². The first-order valence-electron chi connectivity index (χ1n) is 10.3. The van der Waals surface area contributed by atoms with Crippen molar-refractivity contribution in [3.63, 3.8) is 0 Å². The van der Waals surface area contributed by atoms with E-state index in [1.807, 2.05) is 12.1 Å². The molecule has 3 rings (SSSR count). The summed E-state index contributed by atoms with van der Waals surface area (Å²) in [7, 11) is 1.68. The Balaban J connectivity index is 1.84. The fraction of sp³-hybridized carbons (Fsp3) is 0.375. The van der Waals surface area contributed by atoms with Crippen LogP contribution in [0, 0.1) is 13.8 Å². The molecule has 4 N–H and O–H groups in total.